The van der Waals surface area contributed by atoms with Crippen molar-refractivity contribution in [3.8, 4) is 0 Å². The van der Waals surface area contributed by atoms with Crippen LogP contribution in [0.1, 0.15) is 12.8 Å². The SMILES string of the molecule is CNCC1(C(=O)N(C)c2ccc3ccccc3c2)CC1. The van der Waals surface area contributed by atoms with Gasteiger partial charge in [-0.05, 0) is 42.8 Å². The minimum atomic E-state index is -0.171. The summed E-state index contributed by atoms with van der Waals surface area (Å²) in [5.41, 5.74) is 0.797. The number of carbonyl (C=O) groups is 1. The van der Waals surface area contributed by atoms with E-state index in [1.807, 2.05) is 32.3 Å². The molecule has 1 aliphatic rings. The molecule has 3 nitrogen and oxygen atoms in total. The van der Waals surface area contributed by atoms with Crippen LogP contribution in [0.5, 0.6) is 0 Å². The van der Waals surface area contributed by atoms with Gasteiger partial charge < -0.3 is 10.2 Å². The van der Waals surface area contributed by atoms with Crippen molar-refractivity contribution in [2.75, 3.05) is 25.5 Å². The van der Waals surface area contributed by atoms with Crippen molar-refractivity contribution >= 4 is 22.4 Å². The second-order valence-electron chi connectivity index (χ2n) is 5.71. The van der Waals surface area contributed by atoms with E-state index in [1.165, 1.54) is 10.8 Å². The van der Waals surface area contributed by atoms with Gasteiger partial charge in [0.15, 0.2) is 0 Å². The van der Waals surface area contributed by atoms with Gasteiger partial charge in [0.25, 0.3) is 0 Å². The topological polar surface area (TPSA) is 32.3 Å². The molecule has 1 amide bonds. The fourth-order valence-electron chi connectivity index (χ4n) is 2.81. The maximum atomic E-state index is 12.6. The molecular formula is C17H20N2O. The predicted molar refractivity (Wildman–Crippen MR) is 83.0 cm³/mol. The average Bonchev–Trinajstić information content (AvgIpc) is 3.26. The molecule has 3 rings (SSSR count). The Labute approximate surface area is 119 Å². The highest BCUT2D eigenvalue weighted by molar-refractivity contribution is 6.00. The number of amides is 1. The van der Waals surface area contributed by atoms with E-state index in [0.717, 1.165) is 25.1 Å². The Balaban J connectivity index is 1.88. The summed E-state index contributed by atoms with van der Waals surface area (Å²) in [7, 11) is 3.78. The lowest BCUT2D eigenvalue weighted by molar-refractivity contribution is -0.123. The predicted octanol–water partition coefficient (Wildman–Crippen LogP) is 2.80. The van der Waals surface area contributed by atoms with E-state index >= 15 is 0 Å². The Bertz CT molecular complexity index is 646. The molecule has 0 saturated heterocycles. The number of fused-ring (bicyclic) bond motifs is 1. The zero-order valence-electron chi connectivity index (χ0n) is 12.0. The van der Waals surface area contributed by atoms with Crippen molar-refractivity contribution in [1.82, 2.24) is 5.32 Å². The van der Waals surface area contributed by atoms with Crippen molar-refractivity contribution < 1.29 is 4.79 Å². The Morgan fingerprint density at radius 2 is 1.90 bits per heavy atom. The van der Waals surface area contributed by atoms with Gasteiger partial charge in [0.1, 0.15) is 0 Å². The Morgan fingerprint density at radius 1 is 1.20 bits per heavy atom. The smallest absolute Gasteiger partial charge is 0.234 e. The summed E-state index contributed by atoms with van der Waals surface area (Å²) >= 11 is 0. The van der Waals surface area contributed by atoms with Gasteiger partial charge in [-0.15, -0.1) is 0 Å². The van der Waals surface area contributed by atoms with Crippen LogP contribution < -0.4 is 10.2 Å². The molecule has 0 atom stereocenters. The summed E-state index contributed by atoms with van der Waals surface area (Å²) in [6, 6.07) is 14.4. The molecule has 3 heteroatoms. The lowest BCUT2D eigenvalue weighted by Crippen LogP contribution is -2.39. The Hall–Kier alpha value is -1.87. The molecule has 0 bridgehead atoms. The van der Waals surface area contributed by atoms with Crippen molar-refractivity contribution in [3.05, 3.63) is 42.5 Å². The molecule has 0 unspecified atom stereocenters. The van der Waals surface area contributed by atoms with E-state index in [1.54, 1.807) is 4.90 Å². The van der Waals surface area contributed by atoms with Gasteiger partial charge in [-0.1, -0.05) is 30.3 Å². The molecule has 1 aliphatic carbocycles. The maximum absolute atomic E-state index is 12.6. The van der Waals surface area contributed by atoms with Crippen LogP contribution in [-0.4, -0.2) is 26.5 Å². The number of rotatable bonds is 4. The molecule has 104 valence electrons. The van der Waals surface area contributed by atoms with Gasteiger partial charge >= 0.3 is 0 Å². The van der Waals surface area contributed by atoms with Crippen molar-refractivity contribution in [2.24, 2.45) is 5.41 Å². The van der Waals surface area contributed by atoms with E-state index in [4.69, 9.17) is 0 Å². The van der Waals surface area contributed by atoms with Crippen molar-refractivity contribution in [3.63, 3.8) is 0 Å². The van der Waals surface area contributed by atoms with Crippen molar-refractivity contribution in [2.45, 2.75) is 12.8 Å². The minimum Gasteiger partial charge on any atom is -0.319 e. The van der Waals surface area contributed by atoms with E-state index in [9.17, 15) is 4.79 Å². The van der Waals surface area contributed by atoms with E-state index in [0.29, 0.717) is 0 Å². The monoisotopic (exact) mass is 268 g/mol. The third-order valence-corrected chi connectivity index (χ3v) is 4.25. The molecular weight excluding hydrogens is 248 g/mol. The fourth-order valence-corrected chi connectivity index (χ4v) is 2.81. The number of nitrogens with one attached hydrogen (secondary N) is 1. The quantitative estimate of drug-likeness (QED) is 0.924. The summed E-state index contributed by atoms with van der Waals surface area (Å²) in [5.74, 6) is 0.224. The number of hydrogen-bond donors (Lipinski definition) is 1. The lowest BCUT2D eigenvalue weighted by Gasteiger charge is -2.23. The van der Waals surface area contributed by atoms with Gasteiger partial charge in [-0.25, -0.2) is 0 Å². The fraction of sp³-hybridized carbons (Fsp3) is 0.353. The van der Waals surface area contributed by atoms with Crippen LogP contribution in [0.2, 0.25) is 0 Å². The van der Waals surface area contributed by atoms with Crippen LogP contribution >= 0.6 is 0 Å². The Morgan fingerprint density at radius 3 is 2.55 bits per heavy atom. The third-order valence-electron chi connectivity index (χ3n) is 4.25. The van der Waals surface area contributed by atoms with Crippen molar-refractivity contribution in [1.29, 1.82) is 0 Å². The lowest BCUT2D eigenvalue weighted by atomic mass is 10.0. The molecule has 1 N–H and O–H groups in total. The second kappa shape index (κ2) is 4.91. The molecule has 0 spiro atoms. The first-order chi connectivity index (χ1) is 9.66. The molecule has 2 aromatic carbocycles. The van der Waals surface area contributed by atoms with Gasteiger partial charge in [0.05, 0.1) is 5.41 Å². The summed E-state index contributed by atoms with van der Waals surface area (Å²) < 4.78 is 0. The van der Waals surface area contributed by atoms with Crippen LogP contribution in [0.25, 0.3) is 10.8 Å². The summed E-state index contributed by atoms with van der Waals surface area (Å²) in [5, 5.41) is 5.51. The zero-order chi connectivity index (χ0) is 14.2. The summed E-state index contributed by atoms with van der Waals surface area (Å²) in [6.07, 6.45) is 1.98. The first-order valence-electron chi connectivity index (χ1n) is 7.08. The molecule has 0 radical (unpaired) electrons. The second-order valence-corrected chi connectivity index (χ2v) is 5.71. The van der Waals surface area contributed by atoms with Crippen LogP contribution in [0.15, 0.2) is 42.5 Å². The van der Waals surface area contributed by atoms with Gasteiger partial charge in [0.2, 0.25) is 5.91 Å². The molecule has 2 aromatic rings. The van der Waals surface area contributed by atoms with E-state index < -0.39 is 0 Å². The number of hydrogen-bond acceptors (Lipinski definition) is 2. The average molecular weight is 268 g/mol. The summed E-state index contributed by atoms with van der Waals surface area (Å²) in [6.45, 7) is 0.768. The van der Waals surface area contributed by atoms with Crippen LogP contribution in [0, 0.1) is 5.41 Å². The molecule has 0 aliphatic heterocycles. The third kappa shape index (κ3) is 2.18. The molecule has 1 fully saturated rings. The number of benzene rings is 2. The van der Waals surface area contributed by atoms with Gasteiger partial charge in [0, 0.05) is 19.3 Å². The number of anilines is 1. The maximum Gasteiger partial charge on any atom is 0.234 e. The first kappa shape index (κ1) is 13.1. The number of nitrogens with zero attached hydrogens (tertiary/aromatic N) is 1. The van der Waals surface area contributed by atoms with E-state index in [2.05, 4.69) is 29.6 Å². The standard InChI is InChI=1S/C17H20N2O/c1-18-12-17(9-10-17)16(20)19(2)15-8-7-13-5-3-4-6-14(13)11-15/h3-8,11,18H,9-10,12H2,1-2H3. The number of carbonyl (C=O) groups excluding carboxylic acids is 1. The van der Waals surface area contributed by atoms with Crippen LogP contribution in [-0.2, 0) is 4.79 Å². The molecule has 1 saturated carbocycles. The zero-order valence-corrected chi connectivity index (χ0v) is 12.0. The van der Waals surface area contributed by atoms with Crippen LogP contribution in [0.4, 0.5) is 5.69 Å². The normalized spacial score (nSPS) is 16.1. The van der Waals surface area contributed by atoms with E-state index in [-0.39, 0.29) is 11.3 Å². The van der Waals surface area contributed by atoms with Gasteiger partial charge in [-0.3, -0.25) is 4.79 Å². The minimum absolute atomic E-state index is 0.171. The summed E-state index contributed by atoms with van der Waals surface area (Å²) in [4.78, 5) is 14.4. The van der Waals surface area contributed by atoms with Gasteiger partial charge in [-0.2, -0.15) is 0 Å². The Kier molecular flexibility index (Phi) is 3.22. The largest absolute Gasteiger partial charge is 0.319 e. The van der Waals surface area contributed by atoms with Crippen LogP contribution in [0.3, 0.4) is 0 Å². The molecule has 0 aromatic heterocycles. The highest BCUT2D eigenvalue weighted by Crippen LogP contribution is 2.47. The highest BCUT2D eigenvalue weighted by Gasteiger charge is 2.50. The highest BCUT2D eigenvalue weighted by atomic mass is 16.2. The molecule has 0 heterocycles. The molecule has 20 heavy (non-hydrogen) atoms. The first-order valence-corrected chi connectivity index (χ1v) is 7.08.